The van der Waals surface area contributed by atoms with Crippen LogP contribution in [0.25, 0.3) is 0 Å². The van der Waals surface area contributed by atoms with E-state index < -0.39 is 0 Å². The highest BCUT2D eigenvalue weighted by atomic mass is 31.1. The van der Waals surface area contributed by atoms with Gasteiger partial charge in [-0.05, 0) is 28.8 Å². The molecular weight excluding hydrogens is 196 g/mol. The van der Waals surface area contributed by atoms with Gasteiger partial charge in [0.2, 0.25) is 0 Å². The van der Waals surface area contributed by atoms with E-state index >= 15 is 0 Å². The minimum atomic E-state index is -0.376. The maximum atomic E-state index is 13.3. The van der Waals surface area contributed by atoms with Gasteiger partial charge in [0.1, 0.15) is 11.9 Å². The van der Waals surface area contributed by atoms with Crippen LogP contribution in [0.5, 0.6) is 0 Å². The second kappa shape index (κ2) is 3.33. The van der Waals surface area contributed by atoms with Crippen LogP contribution in [-0.2, 0) is 0 Å². The van der Waals surface area contributed by atoms with Crippen molar-refractivity contribution in [3.8, 4) is 6.07 Å². The van der Waals surface area contributed by atoms with E-state index in [0.717, 1.165) is 5.30 Å². The largest absolute Gasteiger partial charge is 0.206 e. The third-order valence-corrected chi connectivity index (χ3v) is 6.04. The van der Waals surface area contributed by atoms with E-state index in [4.69, 9.17) is 5.26 Å². The van der Waals surface area contributed by atoms with Crippen molar-refractivity contribution in [1.82, 2.24) is 0 Å². The number of nitriles is 1. The predicted octanol–water partition coefficient (Wildman–Crippen LogP) is 2.60. The van der Waals surface area contributed by atoms with E-state index in [1.807, 2.05) is 12.1 Å². The van der Waals surface area contributed by atoms with E-state index in [2.05, 4.69) is 13.8 Å². The lowest BCUT2D eigenvalue weighted by Gasteiger charge is -2.00. The Bertz CT molecular complexity index is 402. The van der Waals surface area contributed by atoms with Gasteiger partial charge in [0, 0.05) is 0 Å². The lowest BCUT2D eigenvalue weighted by Crippen LogP contribution is -1.98. The molecule has 0 spiro atoms. The van der Waals surface area contributed by atoms with Crippen molar-refractivity contribution < 1.29 is 4.39 Å². The zero-order chi connectivity index (χ0) is 10.3. The molecule has 0 bridgehead atoms. The molecule has 1 saturated heterocycles. The van der Waals surface area contributed by atoms with Crippen molar-refractivity contribution >= 4 is 13.2 Å². The van der Waals surface area contributed by atoms with Crippen LogP contribution in [0.3, 0.4) is 0 Å². The van der Waals surface area contributed by atoms with Crippen molar-refractivity contribution in [2.45, 2.75) is 25.2 Å². The molecule has 1 aliphatic rings. The number of nitrogens with zero attached hydrogens (tertiary/aromatic N) is 1. The van der Waals surface area contributed by atoms with Gasteiger partial charge in [-0.1, -0.05) is 27.8 Å². The van der Waals surface area contributed by atoms with E-state index in [1.165, 1.54) is 6.07 Å². The Hall–Kier alpha value is -0.930. The van der Waals surface area contributed by atoms with Gasteiger partial charge < -0.3 is 0 Å². The molecule has 0 aliphatic carbocycles. The zero-order valence-corrected chi connectivity index (χ0v) is 9.05. The monoisotopic (exact) mass is 207 g/mol. The molecule has 1 aromatic carbocycles. The fourth-order valence-electron chi connectivity index (χ4n) is 1.73. The quantitative estimate of drug-likeness (QED) is 0.649. The van der Waals surface area contributed by atoms with Gasteiger partial charge in [-0.2, -0.15) is 5.26 Å². The standard InChI is InChI=1S/C11H11FNP/c1-7-8(2)14(7)10-4-3-9(6-13)11(12)5-10/h3-5,7-8H,1-2H3. The minimum absolute atomic E-state index is 0.144. The molecule has 1 nitrogen and oxygen atoms in total. The van der Waals surface area contributed by atoms with Crippen LogP contribution in [0, 0.1) is 17.1 Å². The first kappa shape index (κ1) is 9.62. The third kappa shape index (κ3) is 1.42. The summed E-state index contributed by atoms with van der Waals surface area (Å²) >= 11 is 0. The fourth-order valence-corrected chi connectivity index (χ4v) is 4.39. The van der Waals surface area contributed by atoms with Gasteiger partial charge in [-0.3, -0.25) is 0 Å². The van der Waals surface area contributed by atoms with Crippen LogP contribution in [0.15, 0.2) is 18.2 Å². The Morgan fingerprint density at radius 2 is 2.00 bits per heavy atom. The fraction of sp³-hybridized carbons (Fsp3) is 0.364. The molecule has 1 aromatic rings. The van der Waals surface area contributed by atoms with Crippen LogP contribution in [0.1, 0.15) is 19.4 Å². The number of hydrogen-bond donors (Lipinski definition) is 0. The highest BCUT2D eigenvalue weighted by Crippen LogP contribution is 2.64. The molecule has 0 amide bonds. The molecule has 72 valence electrons. The molecule has 0 saturated carbocycles. The summed E-state index contributed by atoms with van der Waals surface area (Å²) in [4.78, 5) is 0. The average molecular weight is 207 g/mol. The Labute approximate surface area is 84.3 Å². The Morgan fingerprint density at radius 1 is 1.36 bits per heavy atom. The first-order chi connectivity index (χ1) is 6.65. The minimum Gasteiger partial charge on any atom is -0.206 e. The van der Waals surface area contributed by atoms with E-state index in [1.54, 1.807) is 6.07 Å². The second-order valence-electron chi connectivity index (χ2n) is 3.66. The van der Waals surface area contributed by atoms with E-state index in [0.29, 0.717) is 11.3 Å². The second-order valence-corrected chi connectivity index (χ2v) is 6.62. The summed E-state index contributed by atoms with van der Waals surface area (Å²) in [5, 5.41) is 9.68. The maximum absolute atomic E-state index is 13.3. The lowest BCUT2D eigenvalue weighted by molar-refractivity contribution is 0.625. The van der Waals surface area contributed by atoms with Crippen LogP contribution in [0.4, 0.5) is 4.39 Å². The molecule has 14 heavy (non-hydrogen) atoms. The summed E-state index contributed by atoms with van der Waals surface area (Å²) in [6.45, 7) is 4.40. The van der Waals surface area contributed by atoms with Crippen molar-refractivity contribution in [1.29, 1.82) is 5.26 Å². The van der Waals surface area contributed by atoms with Crippen LogP contribution in [0.2, 0.25) is 0 Å². The van der Waals surface area contributed by atoms with Crippen molar-refractivity contribution in [2.75, 3.05) is 0 Å². The first-order valence-electron chi connectivity index (χ1n) is 4.63. The maximum Gasteiger partial charge on any atom is 0.141 e. The number of hydrogen-bond acceptors (Lipinski definition) is 1. The molecule has 0 radical (unpaired) electrons. The summed E-state index contributed by atoms with van der Waals surface area (Å²) in [5.74, 6) is -0.376. The Morgan fingerprint density at radius 3 is 2.43 bits per heavy atom. The van der Waals surface area contributed by atoms with E-state index in [9.17, 15) is 4.39 Å². The molecular formula is C11H11FNP. The molecule has 3 heteroatoms. The summed E-state index contributed by atoms with van der Waals surface area (Å²) in [6.07, 6.45) is 0. The topological polar surface area (TPSA) is 23.8 Å². The zero-order valence-electron chi connectivity index (χ0n) is 8.16. The molecule has 1 heterocycles. The summed E-state index contributed by atoms with van der Waals surface area (Å²) in [6, 6.07) is 6.85. The van der Waals surface area contributed by atoms with Gasteiger partial charge in [0.15, 0.2) is 0 Å². The Kier molecular flexibility index (Phi) is 2.29. The molecule has 0 aromatic heterocycles. The molecule has 2 atom stereocenters. The average Bonchev–Trinajstić information content (AvgIpc) is 2.75. The first-order valence-corrected chi connectivity index (χ1v) is 6.11. The van der Waals surface area contributed by atoms with Crippen molar-refractivity contribution in [3.63, 3.8) is 0 Å². The van der Waals surface area contributed by atoms with Crippen molar-refractivity contribution in [2.24, 2.45) is 0 Å². The number of halogens is 1. The third-order valence-electron chi connectivity index (χ3n) is 2.86. The van der Waals surface area contributed by atoms with Gasteiger partial charge in [0.25, 0.3) is 0 Å². The summed E-state index contributed by atoms with van der Waals surface area (Å²) < 4.78 is 13.3. The molecule has 1 aliphatic heterocycles. The molecule has 2 unspecified atom stereocenters. The summed E-state index contributed by atoms with van der Waals surface area (Å²) in [7, 11) is -0.151. The highest BCUT2D eigenvalue weighted by Gasteiger charge is 2.43. The number of benzene rings is 1. The lowest BCUT2D eigenvalue weighted by atomic mass is 10.2. The summed E-state index contributed by atoms with van der Waals surface area (Å²) in [5.41, 5.74) is 1.56. The van der Waals surface area contributed by atoms with Crippen LogP contribution in [-0.4, -0.2) is 11.3 Å². The molecule has 1 fully saturated rings. The van der Waals surface area contributed by atoms with Gasteiger partial charge in [0.05, 0.1) is 5.56 Å². The van der Waals surface area contributed by atoms with Crippen LogP contribution < -0.4 is 5.30 Å². The van der Waals surface area contributed by atoms with Gasteiger partial charge in [-0.25, -0.2) is 4.39 Å². The van der Waals surface area contributed by atoms with Crippen molar-refractivity contribution in [3.05, 3.63) is 29.6 Å². The normalized spacial score (nSPS) is 29.7. The predicted molar refractivity (Wildman–Crippen MR) is 56.6 cm³/mol. The molecule has 0 N–H and O–H groups in total. The molecule has 2 rings (SSSR count). The smallest absolute Gasteiger partial charge is 0.141 e. The van der Waals surface area contributed by atoms with Crippen LogP contribution >= 0.6 is 7.92 Å². The van der Waals surface area contributed by atoms with E-state index in [-0.39, 0.29) is 19.3 Å². The number of rotatable bonds is 1. The van der Waals surface area contributed by atoms with Gasteiger partial charge >= 0.3 is 0 Å². The SMILES string of the molecule is CC1C(C)P1c1ccc(C#N)c(F)c1. The highest BCUT2D eigenvalue weighted by molar-refractivity contribution is 7.74. The Balaban J connectivity index is 2.31. The van der Waals surface area contributed by atoms with Gasteiger partial charge in [-0.15, -0.1) is 0 Å².